The van der Waals surface area contributed by atoms with Crippen LogP contribution in [0.4, 0.5) is 0 Å². The molecule has 0 aromatic heterocycles. The molecule has 0 heterocycles. The Morgan fingerprint density at radius 2 is 1.67 bits per heavy atom. The number of hydrogen-bond donors (Lipinski definition) is 2. The molecule has 0 aliphatic heterocycles. The molecule has 0 radical (unpaired) electrons. The molecule has 2 amide bonds. The molecule has 0 atom stereocenters. The number of hydrogen-bond acceptors (Lipinski definition) is 2. The van der Waals surface area contributed by atoms with E-state index in [1.54, 1.807) is 0 Å². The highest BCUT2D eigenvalue weighted by atomic mass is 16.2. The second-order valence-electron chi connectivity index (χ2n) is 6.60. The van der Waals surface area contributed by atoms with Gasteiger partial charge < -0.3 is 10.6 Å². The fourth-order valence-corrected chi connectivity index (χ4v) is 2.93. The molecule has 0 saturated heterocycles. The van der Waals surface area contributed by atoms with Crippen LogP contribution in [0.1, 0.15) is 65.7 Å². The molecular weight excluding hydrogens is 264 g/mol. The largest absolute Gasteiger partial charge is 0.354 e. The molecule has 0 aromatic carbocycles. The molecule has 1 aliphatic rings. The Morgan fingerprint density at radius 1 is 1.05 bits per heavy atom. The van der Waals surface area contributed by atoms with Gasteiger partial charge in [-0.1, -0.05) is 40.0 Å². The third kappa shape index (κ3) is 6.96. The van der Waals surface area contributed by atoms with Gasteiger partial charge in [0.25, 0.3) is 0 Å². The molecule has 0 spiro atoms. The number of rotatable bonds is 8. The summed E-state index contributed by atoms with van der Waals surface area (Å²) in [6.45, 7) is 7.02. The van der Waals surface area contributed by atoms with Crippen molar-refractivity contribution in [1.29, 1.82) is 0 Å². The highest BCUT2D eigenvalue weighted by Crippen LogP contribution is 2.31. The van der Waals surface area contributed by atoms with Crippen LogP contribution in [0.2, 0.25) is 0 Å². The summed E-state index contributed by atoms with van der Waals surface area (Å²) in [7, 11) is 0. The molecule has 4 nitrogen and oxygen atoms in total. The summed E-state index contributed by atoms with van der Waals surface area (Å²) in [4.78, 5) is 23.5. The molecule has 0 bridgehead atoms. The van der Waals surface area contributed by atoms with E-state index in [0.717, 1.165) is 18.8 Å². The molecule has 1 rings (SSSR count). The fraction of sp³-hybridized carbons (Fsp3) is 0.882. The van der Waals surface area contributed by atoms with Crippen LogP contribution in [-0.4, -0.2) is 24.9 Å². The Labute approximate surface area is 129 Å². The summed E-state index contributed by atoms with van der Waals surface area (Å²) in [6.07, 6.45) is 8.35. The number of unbranched alkanes of at least 4 members (excludes halogenated alkanes) is 1. The van der Waals surface area contributed by atoms with Crippen molar-refractivity contribution in [3.05, 3.63) is 0 Å². The maximum atomic E-state index is 12.1. The van der Waals surface area contributed by atoms with E-state index in [2.05, 4.69) is 17.6 Å². The minimum atomic E-state index is -0.000833. The van der Waals surface area contributed by atoms with Crippen molar-refractivity contribution in [3.63, 3.8) is 0 Å². The SMILES string of the molecule is CCCCC1CCC(C(=O)NCCNC(=O)C(C)C)CC1. The van der Waals surface area contributed by atoms with Gasteiger partial charge in [0, 0.05) is 24.9 Å². The predicted molar refractivity (Wildman–Crippen MR) is 85.8 cm³/mol. The van der Waals surface area contributed by atoms with E-state index >= 15 is 0 Å². The first-order valence-corrected chi connectivity index (χ1v) is 8.60. The zero-order valence-electron chi connectivity index (χ0n) is 13.9. The lowest BCUT2D eigenvalue weighted by Crippen LogP contribution is -2.39. The smallest absolute Gasteiger partial charge is 0.223 e. The van der Waals surface area contributed by atoms with E-state index in [4.69, 9.17) is 0 Å². The zero-order valence-corrected chi connectivity index (χ0v) is 13.9. The van der Waals surface area contributed by atoms with Crippen LogP contribution in [0.15, 0.2) is 0 Å². The molecule has 4 heteroatoms. The van der Waals surface area contributed by atoms with Gasteiger partial charge in [-0.3, -0.25) is 9.59 Å². The Hall–Kier alpha value is -1.06. The third-order valence-electron chi connectivity index (χ3n) is 4.43. The molecular formula is C17H32N2O2. The highest BCUT2D eigenvalue weighted by molar-refractivity contribution is 5.79. The van der Waals surface area contributed by atoms with Crippen LogP contribution >= 0.6 is 0 Å². The van der Waals surface area contributed by atoms with Crippen molar-refractivity contribution in [3.8, 4) is 0 Å². The molecule has 1 saturated carbocycles. The Kier molecular flexibility index (Phi) is 8.40. The summed E-state index contributed by atoms with van der Waals surface area (Å²) in [6, 6.07) is 0. The number of nitrogens with one attached hydrogen (secondary N) is 2. The lowest BCUT2D eigenvalue weighted by molar-refractivity contribution is -0.127. The van der Waals surface area contributed by atoms with Crippen molar-refractivity contribution in [2.45, 2.75) is 65.7 Å². The zero-order chi connectivity index (χ0) is 15.7. The van der Waals surface area contributed by atoms with Gasteiger partial charge in [-0.2, -0.15) is 0 Å². The van der Waals surface area contributed by atoms with Gasteiger partial charge in [0.2, 0.25) is 11.8 Å². The van der Waals surface area contributed by atoms with Crippen LogP contribution in [0.5, 0.6) is 0 Å². The second-order valence-corrected chi connectivity index (χ2v) is 6.60. The van der Waals surface area contributed by atoms with E-state index in [9.17, 15) is 9.59 Å². The Bertz CT molecular complexity index is 321. The van der Waals surface area contributed by atoms with Crippen molar-refractivity contribution in [1.82, 2.24) is 10.6 Å². The number of amides is 2. The van der Waals surface area contributed by atoms with Gasteiger partial charge in [-0.15, -0.1) is 0 Å². The summed E-state index contributed by atoms with van der Waals surface area (Å²) >= 11 is 0. The minimum absolute atomic E-state index is 0.000833. The van der Waals surface area contributed by atoms with Gasteiger partial charge in [-0.05, 0) is 31.6 Å². The third-order valence-corrected chi connectivity index (χ3v) is 4.43. The predicted octanol–water partition coefficient (Wildman–Crippen LogP) is 2.87. The van der Waals surface area contributed by atoms with Gasteiger partial charge in [-0.25, -0.2) is 0 Å². The quantitative estimate of drug-likeness (QED) is 0.677. The summed E-state index contributed by atoms with van der Waals surface area (Å²) in [5.41, 5.74) is 0. The molecule has 1 aliphatic carbocycles. The second kappa shape index (κ2) is 9.80. The summed E-state index contributed by atoms with van der Waals surface area (Å²) in [5.74, 6) is 1.23. The van der Waals surface area contributed by atoms with E-state index in [0.29, 0.717) is 13.1 Å². The van der Waals surface area contributed by atoms with E-state index in [-0.39, 0.29) is 23.7 Å². The van der Waals surface area contributed by atoms with Gasteiger partial charge in [0.05, 0.1) is 0 Å². The van der Waals surface area contributed by atoms with Crippen molar-refractivity contribution in [2.75, 3.05) is 13.1 Å². The van der Waals surface area contributed by atoms with Crippen molar-refractivity contribution >= 4 is 11.8 Å². The average Bonchev–Trinajstić information content (AvgIpc) is 2.49. The summed E-state index contributed by atoms with van der Waals surface area (Å²) in [5, 5.41) is 5.77. The van der Waals surface area contributed by atoms with Gasteiger partial charge >= 0.3 is 0 Å². The Balaban J connectivity index is 2.12. The number of carbonyl (C=O) groups excluding carboxylic acids is 2. The van der Waals surface area contributed by atoms with Gasteiger partial charge in [0.15, 0.2) is 0 Å². The maximum absolute atomic E-state index is 12.1. The molecule has 122 valence electrons. The lowest BCUT2D eigenvalue weighted by atomic mass is 9.79. The van der Waals surface area contributed by atoms with Crippen molar-refractivity contribution < 1.29 is 9.59 Å². The normalized spacial score (nSPS) is 22.1. The van der Waals surface area contributed by atoms with Crippen LogP contribution in [0.25, 0.3) is 0 Å². The molecule has 1 fully saturated rings. The van der Waals surface area contributed by atoms with Crippen LogP contribution in [0, 0.1) is 17.8 Å². The van der Waals surface area contributed by atoms with Crippen molar-refractivity contribution in [2.24, 2.45) is 17.8 Å². The Morgan fingerprint density at radius 3 is 2.24 bits per heavy atom. The van der Waals surface area contributed by atoms with Gasteiger partial charge in [0.1, 0.15) is 0 Å². The molecule has 0 aromatic rings. The maximum Gasteiger partial charge on any atom is 0.223 e. The first kappa shape index (κ1) is 18.0. The monoisotopic (exact) mass is 296 g/mol. The molecule has 2 N–H and O–H groups in total. The van der Waals surface area contributed by atoms with E-state index < -0.39 is 0 Å². The first-order valence-electron chi connectivity index (χ1n) is 8.60. The van der Waals surface area contributed by atoms with E-state index in [1.165, 1.54) is 32.1 Å². The molecule has 0 unspecified atom stereocenters. The van der Waals surface area contributed by atoms with Crippen LogP contribution in [0.3, 0.4) is 0 Å². The highest BCUT2D eigenvalue weighted by Gasteiger charge is 2.25. The minimum Gasteiger partial charge on any atom is -0.354 e. The van der Waals surface area contributed by atoms with E-state index in [1.807, 2.05) is 13.8 Å². The average molecular weight is 296 g/mol. The van der Waals surface area contributed by atoms with Crippen LogP contribution < -0.4 is 10.6 Å². The number of carbonyl (C=O) groups is 2. The summed E-state index contributed by atoms with van der Waals surface area (Å²) < 4.78 is 0. The lowest BCUT2D eigenvalue weighted by Gasteiger charge is -2.27. The molecule has 21 heavy (non-hydrogen) atoms. The standard InChI is InChI=1S/C17H32N2O2/c1-4-5-6-14-7-9-15(10-8-14)17(21)19-12-11-18-16(20)13(2)3/h13-15H,4-12H2,1-3H3,(H,18,20)(H,19,21). The topological polar surface area (TPSA) is 58.2 Å². The van der Waals surface area contributed by atoms with Crippen LogP contribution in [-0.2, 0) is 9.59 Å². The fourth-order valence-electron chi connectivity index (χ4n) is 2.93. The first-order chi connectivity index (χ1) is 10.0.